The van der Waals surface area contributed by atoms with E-state index in [2.05, 4.69) is 20.2 Å². The average molecular weight is 702 g/mol. The topological polar surface area (TPSA) is 175 Å². The number of nitrogens with zero attached hydrogens (tertiary/aromatic N) is 6. The number of rotatable bonds is 8. The first-order valence-corrected chi connectivity index (χ1v) is 14.6. The molecule has 0 aliphatic rings. The van der Waals surface area contributed by atoms with Crippen molar-refractivity contribution >= 4 is 35.7 Å². The Kier molecular flexibility index (Phi) is 11.6. The molecule has 249 valence electrons. The average Bonchev–Trinajstić information content (AvgIpc) is 3.55. The van der Waals surface area contributed by atoms with Crippen molar-refractivity contribution in [1.29, 1.82) is 0 Å². The Balaban J connectivity index is 0.000000216. The molecular weight excluding hydrogens is 671 g/mol. The fourth-order valence-corrected chi connectivity index (χ4v) is 4.66. The van der Waals surface area contributed by atoms with Crippen LogP contribution in [-0.4, -0.2) is 64.4 Å². The van der Waals surface area contributed by atoms with E-state index in [4.69, 9.17) is 0 Å². The van der Waals surface area contributed by atoms with Gasteiger partial charge in [-0.05, 0) is 62.4 Å². The van der Waals surface area contributed by atoms with Crippen LogP contribution >= 0.6 is 0 Å². The van der Waals surface area contributed by atoms with E-state index >= 15 is 0 Å². The van der Waals surface area contributed by atoms with E-state index in [0.29, 0.717) is 33.9 Å². The predicted molar refractivity (Wildman–Crippen MR) is 181 cm³/mol. The van der Waals surface area contributed by atoms with Gasteiger partial charge in [-0.3, -0.25) is 9.98 Å². The number of carbonyl (C=O) groups is 2. The minimum absolute atomic E-state index is 0. The number of para-hydroxylation sites is 4. The molecule has 0 bridgehead atoms. The summed E-state index contributed by atoms with van der Waals surface area (Å²) in [7, 11) is 0. The monoisotopic (exact) mass is 701 g/mol. The van der Waals surface area contributed by atoms with Crippen molar-refractivity contribution in [3.05, 3.63) is 143 Å². The summed E-state index contributed by atoms with van der Waals surface area (Å²) in [6, 6.07) is 31.3. The zero-order valence-corrected chi connectivity index (χ0v) is 27.2. The predicted octanol–water partition coefficient (Wildman–Crippen LogP) is 6.67. The molecule has 0 amide bonds. The van der Waals surface area contributed by atoms with E-state index in [-0.39, 0.29) is 39.7 Å². The Bertz CT molecular complexity index is 1990. The number of hydrogen-bond donors (Lipinski definition) is 4. The van der Waals surface area contributed by atoms with Crippen LogP contribution < -0.4 is 0 Å². The Morgan fingerprint density at radius 3 is 1.24 bits per heavy atom. The minimum atomic E-state index is -1.05. The van der Waals surface area contributed by atoms with Gasteiger partial charge in [0.25, 0.3) is 0 Å². The summed E-state index contributed by atoms with van der Waals surface area (Å²) in [5.74, 6) is -2.20. The van der Waals surface area contributed by atoms with Gasteiger partial charge in [-0.2, -0.15) is 10.2 Å². The summed E-state index contributed by atoms with van der Waals surface area (Å²) in [5.41, 5.74) is 4.35. The maximum Gasteiger partial charge on any atom is 0.337 e. The van der Waals surface area contributed by atoms with Gasteiger partial charge < -0.3 is 20.4 Å². The van der Waals surface area contributed by atoms with Gasteiger partial charge in [0.1, 0.15) is 0 Å². The molecule has 1 radical (unpaired) electrons. The van der Waals surface area contributed by atoms with Crippen LogP contribution in [0.3, 0.4) is 0 Å². The first kappa shape index (κ1) is 35.5. The van der Waals surface area contributed by atoms with E-state index in [1.807, 2.05) is 60.7 Å². The maximum absolute atomic E-state index is 11.2. The van der Waals surface area contributed by atoms with E-state index in [9.17, 15) is 30.0 Å². The van der Waals surface area contributed by atoms with Crippen molar-refractivity contribution in [3.63, 3.8) is 0 Å². The van der Waals surface area contributed by atoms with Crippen LogP contribution in [0.15, 0.2) is 119 Å². The fraction of sp³-hybridized carbons (Fsp3) is 0.0556. The number of benzene rings is 4. The van der Waals surface area contributed by atoms with Crippen molar-refractivity contribution in [1.82, 2.24) is 19.6 Å². The third kappa shape index (κ3) is 8.16. The molecule has 0 unspecified atom stereocenters. The Morgan fingerprint density at radius 2 is 0.898 bits per heavy atom. The Hall–Kier alpha value is -6.31. The summed E-state index contributed by atoms with van der Waals surface area (Å²) < 4.78 is 2.83. The molecule has 4 aromatic carbocycles. The number of hydrogen-bond acceptors (Lipinski definition) is 8. The third-order valence-electron chi connectivity index (χ3n) is 7.10. The molecule has 12 nitrogen and oxygen atoms in total. The van der Waals surface area contributed by atoms with Gasteiger partial charge >= 0.3 is 11.9 Å². The van der Waals surface area contributed by atoms with Gasteiger partial charge in [-0.1, -0.05) is 60.7 Å². The van der Waals surface area contributed by atoms with Crippen molar-refractivity contribution in [2.45, 2.75) is 13.8 Å². The van der Waals surface area contributed by atoms with Crippen molar-refractivity contribution in [3.8, 4) is 23.1 Å². The molecular formula is C36H30CoN6O6. The van der Waals surface area contributed by atoms with Gasteiger partial charge in [0.2, 0.25) is 11.8 Å². The summed E-state index contributed by atoms with van der Waals surface area (Å²) in [5, 5.41) is 47.8. The largest absolute Gasteiger partial charge is 0.493 e. The normalized spacial score (nSPS) is 10.8. The molecule has 0 aliphatic heterocycles. The quantitative estimate of drug-likeness (QED) is 0.127. The number of carboxylic acids is 2. The molecule has 0 aliphatic carbocycles. The van der Waals surface area contributed by atoms with Crippen LogP contribution in [0.5, 0.6) is 11.8 Å². The first-order valence-electron chi connectivity index (χ1n) is 14.6. The Labute approximate surface area is 291 Å². The van der Waals surface area contributed by atoms with Crippen LogP contribution in [0.2, 0.25) is 0 Å². The number of aliphatic imine (C=N–C) groups is 2. The second-order valence-electron chi connectivity index (χ2n) is 10.3. The van der Waals surface area contributed by atoms with Gasteiger partial charge in [-0.25, -0.2) is 19.0 Å². The van der Waals surface area contributed by atoms with E-state index in [0.717, 1.165) is 11.4 Å². The molecule has 49 heavy (non-hydrogen) atoms. The van der Waals surface area contributed by atoms with Crippen LogP contribution in [0.4, 0.5) is 11.4 Å². The number of aromatic nitrogens is 4. The van der Waals surface area contributed by atoms with Gasteiger partial charge in [0, 0.05) is 29.2 Å². The first-order chi connectivity index (χ1) is 23.2. The molecule has 0 fully saturated rings. The standard InChI is InChI=1S/2C18H15N3O3.Co/c2*1-12-15(11-19-16-10-6-5-9-14(16)18(23)24)17(22)21(20-12)13-7-3-2-4-8-13;/h2*2-11,22H,1H3,(H,23,24);. The van der Waals surface area contributed by atoms with Crippen LogP contribution in [0.1, 0.15) is 43.2 Å². The maximum atomic E-state index is 11.2. The molecule has 0 atom stereocenters. The number of aromatic hydroxyl groups is 2. The molecule has 6 rings (SSSR count). The number of aromatic carboxylic acids is 2. The smallest absolute Gasteiger partial charge is 0.337 e. The summed E-state index contributed by atoms with van der Waals surface area (Å²) in [4.78, 5) is 30.8. The van der Waals surface area contributed by atoms with E-state index in [1.54, 1.807) is 50.2 Å². The molecule has 4 N–H and O–H groups in total. The van der Waals surface area contributed by atoms with Crippen molar-refractivity contribution < 1.29 is 46.8 Å². The molecule has 2 aromatic heterocycles. The van der Waals surface area contributed by atoms with Crippen molar-refractivity contribution in [2.24, 2.45) is 9.98 Å². The van der Waals surface area contributed by atoms with Gasteiger partial charge in [0.05, 0.1) is 56.4 Å². The second kappa shape index (κ2) is 16.0. The molecule has 2 heterocycles. The second-order valence-corrected chi connectivity index (χ2v) is 10.3. The van der Waals surface area contributed by atoms with Gasteiger partial charge in [-0.15, -0.1) is 0 Å². The Morgan fingerprint density at radius 1 is 0.571 bits per heavy atom. The zero-order valence-electron chi connectivity index (χ0n) is 26.2. The number of aryl methyl sites for hydroxylation is 2. The van der Waals surface area contributed by atoms with Gasteiger partial charge in [0.15, 0.2) is 0 Å². The van der Waals surface area contributed by atoms with E-state index < -0.39 is 11.9 Å². The fourth-order valence-electron chi connectivity index (χ4n) is 4.66. The molecule has 6 aromatic rings. The molecule has 0 saturated heterocycles. The van der Waals surface area contributed by atoms with Crippen molar-refractivity contribution in [2.75, 3.05) is 0 Å². The third-order valence-corrected chi connectivity index (χ3v) is 7.10. The zero-order chi connectivity index (χ0) is 34.2. The van der Waals surface area contributed by atoms with Crippen LogP contribution in [0.25, 0.3) is 11.4 Å². The number of carboxylic acid groups (broad SMARTS) is 2. The SMILES string of the molecule is Cc1nn(-c2ccccc2)c(O)c1C=Nc1ccccc1C(=O)O.Cc1nn(-c2ccccc2)c(O)c1C=Nc1ccccc1C(=O)O.[Co]. The van der Waals surface area contributed by atoms with Crippen LogP contribution in [0, 0.1) is 13.8 Å². The molecule has 0 spiro atoms. The summed E-state index contributed by atoms with van der Waals surface area (Å²) in [6.07, 6.45) is 2.86. The summed E-state index contributed by atoms with van der Waals surface area (Å²) >= 11 is 0. The summed E-state index contributed by atoms with van der Waals surface area (Å²) in [6.45, 7) is 3.51. The minimum Gasteiger partial charge on any atom is -0.493 e. The van der Waals surface area contributed by atoms with E-state index in [1.165, 1.54) is 33.9 Å². The van der Waals surface area contributed by atoms with Crippen LogP contribution in [-0.2, 0) is 16.8 Å². The molecule has 0 saturated carbocycles. The molecule has 13 heteroatoms.